The van der Waals surface area contributed by atoms with E-state index in [1.807, 2.05) is 12.1 Å². The Morgan fingerprint density at radius 3 is 2.71 bits per heavy atom. The van der Waals surface area contributed by atoms with Gasteiger partial charge in [-0.05, 0) is 26.0 Å². The molecule has 0 bridgehead atoms. The van der Waals surface area contributed by atoms with Crippen LogP contribution in [0.1, 0.15) is 16.8 Å². The van der Waals surface area contributed by atoms with Crippen LogP contribution in [0.3, 0.4) is 0 Å². The molecular formula is C15H14N4O2. The van der Waals surface area contributed by atoms with Crippen LogP contribution in [0.15, 0.2) is 39.3 Å². The number of methoxy groups -OCH3 is 1. The van der Waals surface area contributed by atoms with Crippen LogP contribution in [-0.2, 0) is 0 Å². The maximum Gasteiger partial charge on any atom is 0.266 e. The van der Waals surface area contributed by atoms with Crippen LogP contribution in [0.2, 0.25) is 0 Å². The van der Waals surface area contributed by atoms with E-state index in [4.69, 9.17) is 10.00 Å². The molecule has 0 radical (unpaired) electrons. The predicted molar refractivity (Wildman–Crippen MR) is 78.4 cm³/mol. The molecule has 21 heavy (non-hydrogen) atoms. The number of aromatic nitrogens is 1. The summed E-state index contributed by atoms with van der Waals surface area (Å²) in [5, 5.41) is 17.3. The van der Waals surface area contributed by atoms with E-state index in [2.05, 4.69) is 15.2 Å². The van der Waals surface area contributed by atoms with Gasteiger partial charge in [-0.2, -0.15) is 10.4 Å². The van der Waals surface area contributed by atoms with Crippen LogP contribution >= 0.6 is 0 Å². The quantitative estimate of drug-likeness (QED) is 0.876. The zero-order valence-electron chi connectivity index (χ0n) is 12.0. The lowest BCUT2D eigenvalue weighted by atomic mass is 10.1. The van der Waals surface area contributed by atoms with Crippen LogP contribution in [0.4, 0.5) is 11.4 Å². The number of rotatable bonds is 3. The van der Waals surface area contributed by atoms with Crippen molar-refractivity contribution in [2.45, 2.75) is 13.8 Å². The molecule has 106 valence electrons. The smallest absolute Gasteiger partial charge is 0.266 e. The highest BCUT2D eigenvalue weighted by Crippen LogP contribution is 2.26. The van der Waals surface area contributed by atoms with Gasteiger partial charge in [0.15, 0.2) is 0 Å². The summed E-state index contributed by atoms with van der Waals surface area (Å²) >= 11 is 0. The Morgan fingerprint density at radius 2 is 2.05 bits per heavy atom. The van der Waals surface area contributed by atoms with Crippen LogP contribution in [0.5, 0.6) is 5.75 Å². The van der Waals surface area contributed by atoms with Gasteiger partial charge in [0.2, 0.25) is 0 Å². The molecule has 0 fully saturated rings. The zero-order valence-corrected chi connectivity index (χ0v) is 12.0. The molecule has 1 N–H and O–H groups in total. The molecule has 6 nitrogen and oxygen atoms in total. The molecule has 2 rings (SSSR count). The van der Waals surface area contributed by atoms with E-state index in [1.54, 1.807) is 39.2 Å². The number of nitriles is 1. The van der Waals surface area contributed by atoms with E-state index >= 15 is 0 Å². The Hall–Kier alpha value is -2.94. The third kappa shape index (κ3) is 2.98. The fraction of sp³-hybridized carbons (Fsp3) is 0.200. The van der Waals surface area contributed by atoms with E-state index in [-0.39, 0.29) is 5.56 Å². The monoisotopic (exact) mass is 282 g/mol. The average Bonchev–Trinajstić information content (AvgIpc) is 2.47. The first-order chi connectivity index (χ1) is 10.1. The third-order valence-corrected chi connectivity index (χ3v) is 3.04. The van der Waals surface area contributed by atoms with Gasteiger partial charge in [-0.1, -0.05) is 6.07 Å². The summed E-state index contributed by atoms with van der Waals surface area (Å²) in [4.78, 5) is 14.2. The number of pyridine rings is 1. The lowest BCUT2D eigenvalue weighted by Crippen LogP contribution is -2.13. The van der Waals surface area contributed by atoms with Crippen molar-refractivity contribution in [3.05, 3.63) is 51.4 Å². The Morgan fingerprint density at radius 1 is 1.29 bits per heavy atom. The number of aryl methyl sites for hydroxylation is 1. The number of H-pyrrole nitrogens is 1. The lowest BCUT2D eigenvalue weighted by molar-refractivity contribution is 0.415. The molecule has 0 aliphatic heterocycles. The van der Waals surface area contributed by atoms with Gasteiger partial charge in [-0.3, -0.25) is 4.79 Å². The van der Waals surface area contributed by atoms with Crippen molar-refractivity contribution in [1.29, 1.82) is 5.26 Å². The Labute approximate surface area is 121 Å². The first-order valence-corrected chi connectivity index (χ1v) is 6.26. The Kier molecular flexibility index (Phi) is 4.14. The van der Waals surface area contributed by atoms with Crippen molar-refractivity contribution >= 4 is 11.4 Å². The van der Waals surface area contributed by atoms with E-state index in [9.17, 15) is 4.79 Å². The fourth-order valence-electron chi connectivity index (χ4n) is 1.93. The first-order valence-electron chi connectivity index (χ1n) is 6.26. The van der Waals surface area contributed by atoms with Crippen molar-refractivity contribution in [3.63, 3.8) is 0 Å². The molecule has 0 unspecified atom stereocenters. The van der Waals surface area contributed by atoms with Gasteiger partial charge in [0.1, 0.15) is 23.1 Å². The normalized spacial score (nSPS) is 10.6. The molecule has 0 spiro atoms. The SMILES string of the molecule is COc1cccc(N=Nc2c(C)[nH]c(=O)c(C#N)c2C)c1. The van der Waals surface area contributed by atoms with Gasteiger partial charge in [0.05, 0.1) is 12.8 Å². The van der Waals surface area contributed by atoms with E-state index in [1.165, 1.54) is 0 Å². The van der Waals surface area contributed by atoms with Gasteiger partial charge >= 0.3 is 0 Å². The van der Waals surface area contributed by atoms with Crippen molar-refractivity contribution in [2.75, 3.05) is 7.11 Å². The summed E-state index contributed by atoms with van der Waals surface area (Å²) in [5.74, 6) is 0.680. The van der Waals surface area contributed by atoms with Crippen molar-refractivity contribution in [2.24, 2.45) is 10.2 Å². The summed E-state index contributed by atoms with van der Waals surface area (Å²) < 4.78 is 5.11. The van der Waals surface area contributed by atoms with E-state index < -0.39 is 5.56 Å². The second-order valence-corrected chi connectivity index (χ2v) is 4.44. The van der Waals surface area contributed by atoms with Gasteiger partial charge < -0.3 is 9.72 Å². The zero-order chi connectivity index (χ0) is 15.4. The topological polar surface area (TPSA) is 90.6 Å². The van der Waals surface area contributed by atoms with Crippen LogP contribution in [0.25, 0.3) is 0 Å². The maximum atomic E-state index is 11.6. The minimum atomic E-state index is -0.409. The molecule has 0 saturated heterocycles. The summed E-state index contributed by atoms with van der Waals surface area (Å²) in [6.45, 7) is 3.40. The summed E-state index contributed by atoms with van der Waals surface area (Å²) in [7, 11) is 1.58. The minimum Gasteiger partial charge on any atom is -0.497 e. The minimum absolute atomic E-state index is 0.0557. The highest BCUT2D eigenvalue weighted by atomic mass is 16.5. The highest BCUT2D eigenvalue weighted by molar-refractivity contribution is 5.55. The molecule has 2 aromatic rings. The highest BCUT2D eigenvalue weighted by Gasteiger charge is 2.11. The molecule has 1 aromatic carbocycles. The average molecular weight is 282 g/mol. The molecule has 0 aliphatic carbocycles. The second kappa shape index (κ2) is 6.01. The molecule has 0 amide bonds. The summed E-state index contributed by atoms with van der Waals surface area (Å²) in [6.07, 6.45) is 0. The molecule has 0 saturated carbocycles. The number of hydrogen-bond acceptors (Lipinski definition) is 5. The predicted octanol–water partition coefficient (Wildman–Crippen LogP) is 3.29. The standard InChI is InChI=1S/C15H14N4O2/c1-9-13(8-16)15(20)17-10(2)14(9)19-18-11-5-4-6-12(7-11)21-3/h4-7H,1-3H3,(H,17,20). The van der Waals surface area contributed by atoms with Crippen LogP contribution in [0, 0.1) is 25.2 Å². The summed E-state index contributed by atoms with van der Waals surface area (Å²) in [6, 6.07) is 9.02. The lowest BCUT2D eigenvalue weighted by Gasteiger charge is -2.05. The van der Waals surface area contributed by atoms with Crippen LogP contribution in [-0.4, -0.2) is 12.1 Å². The maximum absolute atomic E-state index is 11.6. The van der Waals surface area contributed by atoms with Gasteiger partial charge in [0, 0.05) is 17.3 Å². The first kappa shape index (κ1) is 14.5. The van der Waals surface area contributed by atoms with Crippen molar-refractivity contribution in [1.82, 2.24) is 4.98 Å². The molecule has 6 heteroatoms. The Bertz CT molecular complexity index is 800. The largest absolute Gasteiger partial charge is 0.497 e. The number of hydrogen-bond donors (Lipinski definition) is 1. The van der Waals surface area contributed by atoms with E-state index in [0.717, 1.165) is 0 Å². The molecular weight excluding hydrogens is 268 g/mol. The van der Waals surface area contributed by atoms with Gasteiger partial charge in [-0.25, -0.2) is 0 Å². The second-order valence-electron chi connectivity index (χ2n) is 4.44. The van der Waals surface area contributed by atoms with Crippen molar-refractivity contribution in [3.8, 4) is 11.8 Å². The molecule has 0 atom stereocenters. The molecule has 1 heterocycles. The number of benzene rings is 1. The number of aromatic amines is 1. The molecule has 0 aliphatic rings. The number of ether oxygens (including phenoxy) is 1. The Balaban J connectivity index is 2.46. The number of azo groups is 1. The number of nitrogens with zero attached hydrogens (tertiary/aromatic N) is 3. The third-order valence-electron chi connectivity index (χ3n) is 3.04. The van der Waals surface area contributed by atoms with Gasteiger partial charge in [0.25, 0.3) is 5.56 Å². The van der Waals surface area contributed by atoms with Gasteiger partial charge in [-0.15, -0.1) is 5.11 Å². The van der Waals surface area contributed by atoms with Crippen LogP contribution < -0.4 is 10.3 Å². The van der Waals surface area contributed by atoms with Crippen molar-refractivity contribution < 1.29 is 4.74 Å². The summed E-state index contributed by atoms with van der Waals surface area (Å²) in [5.41, 5.74) is 1.85. The molecule has 1 aromatic heterocycles. The van der Waals surface area contributed by atoms with E-state index in [0.29, 0.717) is 28.4 Å². The fourth-order valence-corrected chi connectivity index (χ4v) is 1.93. The number of nitrogens with one attached hydrogen (secondary N) is 1.